The lowest BCUT2D eigenvalue weighted by atomic mass is 10.1. The zero-order valence-corrected chi connectivity index (χ0v) is 9.51. The molecule has 1 heteroatoms. The molecule has 0 aliphatic rings. The van der Waals surface area contributed by atoms with E-state index in [9.17, 15) is 0 Å². The Kier molecular flexibility index (Phi) is 4.68. The molecule has 1 N–H and O–H groups in total. The summed E-state index contributed by atoms with van der Waals surface area (Å²) in [6.45, 7) is 8.74. The van der Waals surface area contributed by atoms with Crippen LogP contribution in [0.4, 0.5) is 0 Å². The molecule has 0 aromatic heterocycles. The van der Waals surface area contributed by atoms with Crippen molar-refractivity contribution in [3.8, 4) is 0 Å². The van der Waals surface area contributed by atoms with Crippen LogP contribution in [-0.2, 0) is 6.54 Å². The summed E-state index contributed by atoms with van der Waals surface area (Å²) in [6, 6.07) is 8.72. The molecule has 0 spiro atoms. The molecule has 14 heavy (non-hydrogen) atoms. The molecule has 0 aliphatic heterocycles. The van der Waals surface area contributed by atoms with Gasteiger partial charge < -0.3 is 5.32 Å². The molecule has 78 valence electrons. The summed E-state index contributed by atoms with van der Waals surface area (Å²) in [5.41, 5.74) is 2.70. The number of benzene rings is 1. The van der Waals surface area contributed by atoms with Crippen molar-refractivity contribution in [3.05, 3.63) is 35.4 Å². The second-order valence-electron chi connectivity index (χ2n) is 4.13. The largest absolute Gasteiger partial charge is 0.312 e. The summed E-state index contributed by atoms with van der Waals surface area (Å²) in [4.78, 5) is 0. The Morgan fingerprint density at radius 3 is 2.43 bits per heavy atom. The smallest absolute Gasteiger partial charge is 0.0205 e. The van der Waals surface area contributed by atoms with Gasteiger partial charge in [-0.15, -0.1) is 0 Å². The van der Waals surface area contributed by atoms with Crippen LogP contribution < -0.4 is 5.32 Å². The van der Waals surface area contributed by atoms with Crippen LogP contribution in [0.25, 0.3) is 0 Å². The van der Waals surface area contributed by atoms with Crippen molar-refractivity contribution in [1.82, 2.24) is 5.32 Å². The first-order chi connectivity index (χ1) is 6.72. The minimum absolute atomic E-state index is 0.778. The molecule has 0 unspecified atom stereocenters. The number of aryl methyl sites for hydroxylation is 1. The summed E-state index contributed by atoms with van der Waals surface area (Å²) in [5, 5.41) is 3.47. The highest BCUT2D eigenvalue weighted by Crippen LogP contribution is 2.03. The molecular weight excluding hydrogens is 170 g/mol. The minimum atomic E-state index is 0.778. The van der Waals surface area contributed by atoms with E-state index in [2.05, 4.69) is 50.4 Å². The van der Waals surface area contributed by atoms with E-state index in [1.807, 2.05) is 0 Å². The van der Waals surface area contributed by atoms with E-state index in [0.29, 0.717) is 0 Å². The van der Waals surface area contributed by atoms with Gasteiger partial charge in [-0.3, -0.25) is 0 Å². The molecule has 1 rings (SSSR count). The van der Waals surface area contributed by atoms with Gasteiger partial charge in [0, 0.05) is 6.54 Å². The van der Waals surface area contributed by atoms with Crippen LogP contribution in [0.5, 0.6) is 0 Å². The highest BCUT2D eigenvalue weighted by molar-refractivity contribution is 5.20. The topological polar surface area (TPSA) is 12.0 Å². The molecule has 1 aromatic carbocycles. The molecule has 0 saturated heterocycles. The van der Waals surface area contributed by atoms with Crippen molar-refractivity contribution in [2.45, 2.75) is 33.7 Å². The Bertz CT molecular complexity index is 250. The van der Waals surface area contributed by atoms with Crippen LogP contribution in [0.2, 0.25) is 0 Å². The fraction of sp³-hybridized carbons (Fsp3) is 0.538. The van der Waals surface area contributed by atoms with E-state index in [-0.39, 0.29) is 0 Å². The maximum atomic E-state index is 3.47. The average molecular weight is 191 g/mol. The average Bonchev–Trinajstić information content (AvgIpc) is 2.21. The van der Waals surface area contributed by atoms with Gasteiger partial charge >= 0.3 is 0 Å². The van der Waals surface area contributed by atoms with Crippen LogP contribution in [0.1, 0.15) is 31.4 Å². The Hall–Kier alpha value is -0.820. The number of hydrogen-bond acceptors (Lipinski definition) is 1. The Morgan fingerprint density at radius 1 is 1.21 bits per heavy atom. The molecule has 0 fully saturated rings. The van der Waals surface area contributed by atoms with E-state index >= 15 is 0 Å². The van der Waals surface area contributed by atoms with Crippen molar-refractivity contribution in [3.63, 3.8) is 0 Å². The molecule has 0 amide bonds. The third-order valence-electron chi connectivity index (χ3n) is 2.64. The number of nitrogens with one attached hydrogen (secondary N) is 1. The van der Waals surface area contributed by atoms with Crippen LogP contribution in [0, 0.1) is 12.8 Å². The van der Waals surface area contributed by atoms with Crippen LogP contribution in [0.15, 0.2) is 24.3 Å². The zero-order chi connectivity index (χ0) is 10.4. The number of rotatable bonds is 5. The summed E-state index contributed by atoms with van der Waals surface area (Å²) in [6.07, 6.45) is 1.25. The van der Waals surface area contributed by atoms with Crippen LogP contribution in [0.3, 0.4) is 0 Å². The lowest BCUT2D eigenvalue weighted by Gasteiger charge is -2.09. The summed E-state index contributed by atoms with van der Waals surface area (Å²) < 4.78 is 0. The first-order valence-corrected chi connectivity index (χ1v) is 5.48. The fourth-order valence-electron chi connectivity index (χ4n) is 1.31. The Morgan fingerprint density at radius 2 is 1.86 bits per heavy atom. The van der Waals surface area contributed by atoms with E-state index in [0.717, 1.165) is 19.0 Å². The maximum absolute atomic E-state index is 3.47. The van der Waals surface area contributed by atoms with Gasteiger partial charge in [0.15, 0.2) is 0 Å². The third kappa shape index (κ3) is 3.93. The second kappa shape index (κ2) is 5.82. The minimum Gasteiger partial charge on any atom is -0.312 e. The molecule has 0 heterocycles. The molecule has 0 aliphatic carbocycles. The summed E-state index contributed by atoms with van der Waals surface area (Å²) >= 11 is 0. The Labute approximate surface area is 87.5 Å². The normalized spacial score (nSPS) is 12.8. The van der Waals surface area contributed by atoms with E-state index < -0.39 is 0 Å². The van der Waals surface area contributed by atoms with Gasteiger partial charge in [-0.1, -0.05) is 50.1 Å². The fourth-order valence-corrected chi connectivity index (χ4v) is 1.31. The van der Waals surface area contributed by atoms with Gasteiger partial charge in [0.05, 0.1) is 0 Å². The van der Waals surface area contributed by atoms with Crippen molar-refractivity contribution >= 4 is 0 Å². The van der Waals surface area contributed by atoms with Gasteiger partial charge in [-0.25, -0.2) is 0 Å². The molecule has 1 atom stereocenters. The molecule has 1 aromatic rings. The van der Waals surface area contributed by atoms with Gasteiger partial charge in [0.1, 0.15) is 0 Å². The summed E-state index contributed by atoms with van der Waals surface area (Å²) in [7, 11) is 0. The van der Waals surface area contributed by atoms with Crippen LogP contribution in [-0.4, -0.2) is 6.54 Å². The highest BCUT2D eigenvalue weighted by Gasteiger charge is 1.97. The molecule has 0 radical (unpaired) electrons. The van der Waals surface area contributed by atoms with E-state index in [1.165, 1.54) is 17.5 Å². The molecular formula is C13H21N. The van der Waals surface area contributed by atoms with Crippen LogP contribution >= 0.6 is 0 Å². The Balaban J connectivity index is 2.28. The SMILES string of the molecule is CC[C@H](C)CNCc1ccc(C)cc1. The van der Waals surface area contributed by atoms with Crippen molar-refractivity contribution < 1.29 is 0 Å². The summed E-state index contributed by atoms with van der Waals surface area (Å²) in [5.74, 6) is 0.778. The van der Waals surface area contributed by atoms with Crippen molar-refractivity contribution in [1.29, 1.82) is 0 Å². The zero-order valence-electron chi connectivity index (χ0n) is 9.51. The van der Waals surface area contributed by atoms with Gasteiger partial charge in [-0.05, 0) is 24.9 Å². The predicted octanol–water partition coefficient (Wildman–Crippen LogP) is 3.13. The lowest BCUT2D eigenvalue weighted by Crippen LogP contribution is -2.20. The molecule has 1 nitrogen and oxygen atoms in total. The lowest BCUT2D eigenvalue weighted by molar-refractivity contribution is 0.500. The van der Waals surface area contributed by atoms with Gasteiger partial charge in [0.2, 0.25) is 0 Å². The molecule has 0 saturated carbocycles. The highest BCUT2D eigenvalue weighted by atomic mass is 14.8. The predicted molar refractivity (Wildman–Crippen MR) is 62.3 cm³/mol. The first kappa shape index (κ1) is 11.3. The van der Waals surface area contributed by atoms with Crippen molar-refractivity contribution in [2.75, 3.05) is 6.54 Å². The maximum Gasteiger partial charge on any atom is 0.0205 e. The number of hydrogen-bond donors (Lipinski definition) is 1. The monoisotopic (exact) mass is 191 g/mol. The van der Waals surface area contributed by atoms with E-state index in [1.54, 1.807) is 0 Å². The standard InChI is InChI=1S/C13H21N/c1-4-11(2)9-14-10-13-7-5-12(3)6-8-13/h5-8,11,14H,4,9-10H2,1-3H3/t11-/m0/s1. The first-order valence-electron chi connectivity index (χ1n) is 5.48. The van der Waals surface area contributed by atoms with Crippen molar-refractivity contribution in [2.24, 2.45) is 5.92 Å². The third-order valence-corrected chi connectivity index (χ3v) is 2.64. The van der Waals surface area contributed by atoms with E-state index in [4.69, 9.17) is 0 Å². The quantitative estimate of drug-likeness (QED) is 0.754. The van der Waals surface area contributed by atoms with Gasteiger partial charge in [0.25, 0.3) is 0 Å². The van der Waals surface area contributed by atoms with Gasteiger partial charge in [-0.2, -0.15) is 0 Å². The molecule has 0 bridgehead atoms. The second-order valence-corrected chi connectivity index (χ2v) is 4.13.